The van der Waals surface area contributed by atoms with Gasteiger partial charge in [-0.25, -0.2) is 0 Å². The predicted molar refractivity (Wildman–Crippen MR) is 76.3 cm³/mol. The third kappa shape index (κ3) is 6.23. The molecule has 96 valence electrons. The molecule has 0 aliphatic rings. The van der Waals surface area contributed by atoms with Gasteiger partial charge in [-0.2, -0.15) is 0 Å². The quantitative estimate of drug-likeness (QED) is 0.415. The molecule has 0 amide bonds. The minimum absolute atomic E-state index is 0.246. The summed E-state index contributed by atoms with van der Waals surface area (Å²) in [5.74, 6) is 0.246. The van der Waals surface area contributed by atoms with Crippen LogP contribution < -0.4 is 0 Å². The van der Waals surface area contributed by atoms with Gasteiger partial charge in [0.25, 0.3) is 0 Å². The molecule has 17 heavy (non-hydrogen) atoms. The van der Waals surface area contributed by atoms with Gasteiger partial charge < -0.3 is 0 Å². The second kappa shape index (κ2) is 8.71. The molecule has 3 heteroatoms. The average molecular weight is 273 g/mol. The highest BCUT2D eigenvalue weighted by Gasteiger charge is 2.07. The van der Waals surface area contributed by atoms with Gasteiger partial charge in [-0.05, 0) is 18.6 Å². The van der Waals surface area contributed by atoms with Gasteiger partial charge in [-0.1, -0.05) is 57.0 Å². The number of rotatable bonds is 9. The van der Waals surface area contributed by atoms with Crippen molar-refractivity contribution >= 4 is 28.7 Å². The van der Waals surface area contributed by atoms with Crippen LogP contribution in [0.25, 0.3) is 0 Å². The number of Topliss-reactive ketones (excluding diaryl/α,β-unsaturated/α-hetero) is 1. The molecule has 0 saturated carbocycles. The van der Waals surface area contributed by atoms with E-state index in [0.717, 1.165) is 11.3 Å². The Labute approximate surface area is 113 Å². The largest absolute Gasteiger partial charge is 0.293 e. The maximum atomic E-state index is 11.7. The number of hydrogen-bond acceptors (Lipinski definition) is 2. The molecule has 0 aromatic carbocycles. The summed E-state index contributed by atoms with van der Waals surface area (Å²) in [5, 5.41) is 0. The summed E-state index contributed by atoms with van der Waals surface area (Å²) in [7, 11) is 0. The van der Waals surface area contributed by atoms with Crippen LogP contribution in [0.1, 0.15) is 68.0 Å². The topological polar surface area (TPSA) is 17.1 Å². The molecular weight excluding hydrogens is 252 g/mol. The Kier molecular flexibility index (Phi) is 7.54. The second-order valence-corrected chi connectivity index (χ2v) is 6.11. The second-order valence-electron chi connectivity index (χ2n) is 4.40. The highest BCUT2D eigenvalue weighted by Crippen LogP contribution is 2.23. The number of unbranched alkanes of at least 4 members (excludes halogenated alkanes) is 6. The predicted octanol–water partition coefficient (Wildman–Crippen LogP) is 5.72. The molecule has 0 radical (unpaired) electrons. The van der Waals surface area contributed by atoms with Crippen LogP contribution >= 0.6 is 22.9 Å². The molecule has 0 unspecified atom stereocenters. The molecule has 0 bridgehead atoms. The SMILES string of the molecule is CCCCCCCCCC(=O)c1ccc(Cl)s1. The van der Waals surface area contributed by atoms with Crippen LogP contribution in [0, 0.1) is 0 Å². The number of hydrogen-bond donors (Lipinski definition) is 0. The Morgan fingerprint density at radius 3 is 2.35 bits per heavy atom. The third-order valence-corrected chi connectivity index (χ3v) is 4.13. The summed E-state index contributed by atoms with van der Waals surface area (Å²) in [6, 6.07) is 3.63. The van der Waals surface area contributed by atoms with Gasteiger partial charge in [0.1, 0.15) is 0 Å². The number of ketones is 1. The average Bonchev–Trinajstić information content (AvgIpc) is 2.74. The van der Waals surface area contributed by atoms with Crippen molar-refractivity contribution in [3.05, 3.63) is 21.3 Å². The van der Waals surface area contributed by atoms with E-state index in [0.29, 0.717) is 10.8 Å². The van der Waals surface area contributed by atoms with Gasteiger partial charge >= 0.3 is 0 Å². The lowest BCUT2D eigenvalue weighted by molar-refractivity contribution is 0.0983. The van der Waals surface area contributed by atoms with Crippen molar-refractivity contribution in [3.8, 4) is 0 Å². The van der Waals surface area contributed by atoms with Gasteiger partial charge in [0.15, 0.2) is 5.78 Å². The normalized spacial score (nSPS) is 10.7. The number of carbonyl (C=O) groups is 1. The van der Waals surface area contributed by atoms with Crippen molar-refractivity contribution in [3.63, 3.8) is 0 Å². The molecule has 1 aromatic heterocycles. The lowest BCUT2D eigenvalue weighted by Crippen LogP contribution is -1.95. The minimum atomic E-state index is 0.246. The Morgan fingerprint density at radius 1 is 1.12 bits per heavy atom. The van der Waals surface area contributed by atoms with Crippen LogP contribution in [-0.4, -0.2) is 5.78 Å². The molecule has 1 heterocycles. The lowest BCUT2D eigenvalue weighted by Gasteiger charge is -2.00. The number of halogens is 1. The van der Waals surface area contributed by atoms with E-state index < -0.39 is 0 Å². The van der Waals surface area contributed by atoms with Gasteiger partial charge in [-0.15, -0.1) is 11.3 Å². The van der Waals surface area contributed by atoms with Crippen molar-refractivity contribution in [2.45, 2.75) is 58.3 Å². The maximum Gasteiger partial charge on any atom is 0.172 e. The maximum absolute atomic E-state index is 11.7. The van der Waals surface area contributed by atoms with Gasteiger partial charge in [-0.3, -0.25) is 4.79 Å². The van der Waals surface area contributed by atoms with Crippen LogP contribution in [0.2, 0.25) is 4.34 Å². The summed E-state index contributed by atoms with van der Waals surface area (Å²) < 4.78 is 0.702. The molecule has 0 fully saturated rings. The van der Waals surface area contributed by atoms with E-state index in [2.05, 4.69) is 6.92 Å². The Balaban J connectivity index is 2.05. The summed E-state index contributed by atoms with van der Waals surface area (Å²) in [5.41, 5.74) is 0. The smallest absolute Gasteiger partial charge is 0.172 e. The third-order valence-electron chi connectivity index (χ3n) is 2.86. The molecule has 1 rings (SSSR count). The number of carbonyl (C=O) groups excluding carboxylic acids is 1. The fraction of sp³-hybridized carbons (Fsp3) is 0.643. The zero-order chi connectivity index (χ0) is 12.5. The zero-order valence-electron chi connectivity index (χ0n) is 10.5. The molecule has 0 aliphatic heterocycles. The Bertz CT molecular complexity index is 333. The van der Waals surface area contributed by atoms with Crippen molar-refractivity contribution in [1.29, 1.82) is 0 Å². The first-order valence-corrected chi connectivity index (χ1v) is 7.72. The van der Waals surface area contributed by atoms with E-state index in [9.17, 15) is 4.79 Å². The van der Waals surface area contributed by atoms with Crippen LogP contribution in [0.3, 0.4) is 0 Å². The molecule has 0 atom stereocenters. The van der Waals surface area contributed by atoms with Crippen LogP contribution in [-0.2, 0) is 0 Å². The molecule has 1 nitrogen and oxygen atoms in total. The summed E-state index contributed by atoms with van der Waals surface area (Å²) >= 11 is 7.19. The zero-order valence-corrected chi connectivity index (χ0v) is 12.1. The van der Waals surface area contributed by atoms with E-state index in [-0.39, 0.29) is 5.78 Å². The number of thiophene rings is 1. The van der Waals surface area contributed by atoms with Crippen LogP contribution in [0.15, 0.2) is 12.1 Å². The summed E-state index contributed by atoms with van der Waals surface area (Å²) in [4.78, 5) is 12.6. The molecule has 0 aliphatic carbocycles. The first-order chi connectivity index (χ1) is 8.24. The van der Waals surface area contributed by atoms with Gasteiger partial charge in [0, 0.05) is 6.42 Å². The molecule has 0 saturated heterocycles. The highest BCUT2D eigenvalue weighted by atomic mass is 35.5. The highest BCUT2D eigenvalue weighted by molar-refractivity contribution is 7.18. The monoisotopic (exact) mass is 272 g/mol. The van der Waals surface area contributed by atoms with Crippen molar-refractivity contribution < 1.29 is 4.79 Å². The van der Waals surface area contributed by atoms with Crippen LogP contribution in [0.4, 0.5) is 0 Å². The van der Waals surface area contributed by atoms with E-state index in [4.69, 9.17) is 11.6 Å². The van der Waals surface area contributed by atoms with Crippen molar-refractivity contribution in [2.75, 3.05) is 0 Å². The molecule has 1 aromatic rings. The van der Waals surface area contributed by atoms with E-state index in [1.54, 1.807) is 6.07 Å². The molecular formula is C14H21ClOS. The Morgan fingerprint density at radius 2 is 1.76 bits per heavy atom. The van der Waals surface area contributed by atoms with Crippen LogP contribution in [0.5, 0.6) is 0 Å². The first-order valence-electron chi connectivity index (χ1n) is 6.52. The summed E-state index contributed by atoms with van der Waals surface area (Å²) in [6.07, 6.45) is 9.40. The van der Waals surface area contributed by atoms with Crippen molar-refractivity contribution in [1.82, 2.24) is 0 Å². The minimum Gasteiger partial charge on any atom is -0.293 e. The van der Waals surface area contributed by atoms with Crippen molar-refractivity contribution in [2.24, 2.45) is 0 Å². The standard InChI is InChI=1S/C14H21ClOS/c1-2-3-4-5-6-7-8-9-12(16)13-10-11-14(15)17-13/h10-11H,2-9H2,1H3. The Hall–Kier alpha value is -0.340. The lowest BCUT2D eigenvalue weighted by atomic mass is 10.1. The van der Waals surface area contributed by atoms with E-state index in [1.807, 2.05) is 6.07 Å². The fourth-order valence-corrected chi connectivity index (χ4v) is 2.84. The first kappa shape index (κ1) is 14.7. The van der Waals surface area contributed by atoms with E-state index in [1.165, 1.54) is 49.9 Å². The molecule has 0 spiro atoms. The van der Waals surface area contributed by atoms with E-state index >= 15 is 0 Å². The summed E-state index contributed by atoms with van der Waals surface area (Å²) in [6.45, 7) is 2.23. The molecule has 0 N–H and O–H groups in total. The fourth-order valence-electron chi connectivity index (χ4n) is 1.83. The van der Waals surface area contributed by atoms with Gasteiger partial charge in [0.2, 0.25) is 0 Å². The van der Waals surface area contributed by atoms with Gasteiger partial charge in [0.05, 0.1) is 9.21 Å².